The normalized spacial score (nSPS) is 37.5. The second kappa shape index (κ2) is 5.41. The fraction of sp³-hybridized carbons (Fsp3) is 0.778. The number of aliphatic hydroxyl groups is 3. The van der Waals surface area contributed by atoms with Crippen LogP contribution in [0.5, 0.6) is 0 Å². The van der Waals surface area contributed by atoms with E-state index in [1.807, 2.05) is 0 Å². The third-order valence-corrected chi connectivity index (χ3v) is 2.54. The van der Waals surface area contributed by atoms with E-state index < -0.39 is 48.9 Å². The second-order valence-electron chi connectivity index (χ2n) is 3.82. The lowest BCUT2D eigenvalue weighted by atomic mass is 9.92. The molecule has 0 bridgehead atoms. The van der Waals surface area contributed by atoms with E-state index in [1.54, 1.807) is 0 Å². The monoisotopic (exact) mass is 249 g/mol. The zero-order valence-corrected chi connectivity index (χ0v) is 9.11. The van der Waals surface area contributed by atoms with Gasteiger partial charge in [0.1, 0.15) is 18.3 Å². The van der Waals surface area contributed by atoms with Crippen molar-refractivity contribution < 1.29 is 34.8 Å². The summed E-state index contributed by atoms with van der Waals surface area (Å²) < 4.78 is 4.92. The van der Waals surface area contributed by atoms with Gasteiger partial charge in [0, 0.05) is 6.92 Å². The van der Waals surface area contributed by atoms with Crippen molar-refractivity contribution in [1.29, 1.82) is 0 Å². The molecule has 98 valence electrons. The van der Waals surface area contributed by atoms with Crippen molar-refractivity contribution in [2.45, 2.75) is 37.4 Å². The Bertz CT molecular complexity index is 308. The van der Waals surface area contributed by atoms with Crippen molar-refractivity contribution in [3.63, 3.8) is 0 Å². The van der Waals surface area contributed by atoms with Gasteiger partial charge in [0.25, 0.3) is 0 Å². The lowest BCUT2D eigenvalue weighted by molar-refractivity contribution is -0.206. The van der Waals surface area contributed by atoms with E-state index in [2.05, 4.69) is 5.32 Å². The molecule has 5 N–H and O–H groups in total. The largest absolute Gasteiger partial charge is 0.479 e. The standard InChI is InChI=1S/C9H15NO7/c1-3(12)10-5-7(14)6(13)4(2-11)17-8(5)9(15)16/h4-8,11,13-14H,2H2,1H3,(H,10,12)(H,15,16). The number of hydrogen-bond acceptors (Lipinski definition) is 6. The molecule has 1 fully saturated rings. The maximum absolute atomic E-state index is 10.9. The summed E-state index contributed by atoms with van der Waals surface area (Å²) in [5.74, 6) is -1.95. The Labute approximate surface area is 96.8 Å². The molecule has 0 radical (unpaired) electrons. The highest BCUT2D eigenvalue weighted by atomic mass is 16.5. The van der Waals surface area contributed by atoms with Crippen molar-refractivity contribution in [1.82, 2.24) is 5.32 Å². The molecule has 0 aromatic heterocycles. The average Bonchev–Trinajstić information content (AvgIpc) is 2.24. The van der Waals surface area contributed by atoms with Gasteiger partial charge in [-0.05, 0) is 0 Å². The molecule has 1 heterocycles. The summed E-state index contributed by atoms with van der Waals surface area (Å²) >= 11 is 0. The van der Waals surface area contributed by atoms with E-state index >= 15 is 0 Å². The van der Waals surface area contributed by atoms with Gasteiger partial charge in [0.05, 0.1) is 12.6 Å². The van der Waals surface area contributed by atoms with Gasteiger partial charge < -0.3 is 30.5 Å². The lowest BCUT2D eigenvalue weighted by Crippen LogP contribution is -2.65. The highest BCUT2D eigenvalue weighted by Crippen LogP contribution is 2.21. The Kier molecular flexibility index (Phi) is 4.40. The summed E-state index contributed by atoms with van der Waals surface area (Å²) in [6.45, 7) is 0.519. The van der Waals surface area contributed by atoms with Crippen LogP contribution in [0.1, 0.15) is 6.92 Å². The predicted molar refractivity (Wildman–Crippen MR) is 53.0 cm³/mol. The Morgan fingerprint density at radius 1 is 1.29 bits per heavy atom. The smallest absolute Gasteiger partial charge is 0.335 e. The zero-order valence-electron chi connectivity index (χ0n) is 9.11. The summed E-state index contributed by atoms with van der Waals surface area (Å²) in [4.78, 5) is 21.8. The molecule has 0 saturated carbocycles. The molecule has 1 saturated heterocycles. The Hall–Kier alpha value is -1.22. The van der Waals surface area contributed by atoms with Gasteiger partial charge in [0.2, 0.25) is 5.91 Å². The Morgan fingerprint density at radius 3 is 2.29 bits per heavy atom. The molecule has 5 atom stereocenters. The van der Waals surface area contributed by atoms with E-state index in [-0.39, 0.29) is 0 Å². The van der Waals surface area contributed by atoms with Crippen LogP contribution in [0.15, 0.2) is 0 Å². The average molecular weight is 249 g/mol. The van der Waals surface area contributed by atoms with Crippen molar-refractivity contribution in [3.8, 4) is 0 Å². The maximum Gasteiger partial charge on any atom is 0.335 e. The lowest BCUT2D eigenvalue weighted by Gasteiger charge is -2.40. The van der Waals surface area contributed by atoms with Crippen LogP contribution in [0.3, 0.4) is 0 Å². The second-order valence-corrected chi connectivity index (χ2v) is 3.82. The molecule has 1 amide bonds. The molecular weight excluding hydrogens is 234 g/mol. The quantitative estimate of drug-likeness (QED) is 0.361. The highest BCUT2D eigenvalue weighted by Gasteiger charge is 2.47. The summed E-state index contributed by atoms with van der Waals surface area (Å²) in [7, 11) is 0. The number of aliphatic carboxylic acids is 1. The number of nitrogens with one attached hydrogen (secondary N) is 1. The molecule has 1 aliphatic rings. The fourth-order valence-electron chi connectivity index (χ4n) is 1.72. The first kappa shape index (κ1) is 13.8. The SMILES string of the molecule is CC(=O)NC1C(C(=O)O)OC(CO)C(O)C1O. The van der Waals surface area contributed by atoms with Crippen LogP contribution in [0, 0.1) is 0 Å². The molecule has 0 aromatic carbocycles. The van der Waals surface area contributed by atoms with E-state index in [1.165, 1.54) is 0 Å². The molecule has 0 spiro atoms. The molecular formula is C9H15NO7. The van der Waals surface area contributed by atoms with Crippen LogP contribution in [0.25, 0.3) is 0 Å². The minimum Gasteiger partial charge on any atom is -0.479 e. The fourth-order valence-corrected chi connectivity index (χ4v) is 1.72. The minimum atomic E-state index is -1.52. The molecule has 1 rings (SSSR count). The Morgan fingerprint density at radius 2 is 1.88 bits per heavy atom. The van der Waals surface area contributed by atoms with Gasteiger partial charge in [-0.1, -0.05) is 0 Å². The van der Waals surface area contributed by atoms with Crippen molar-refractivity contribution >= 4 is 11.9 Å². The maximum atomic E-state index is 10.9. The van der Waals surface area contributed by atoms with E-state index in [4.69, 9.17) is 14.9 Å². The summed E-state index contributed by atoms with van der Waals surface area (Å²) in [5, 5.41) is 39.2. The number of rotatable bonds is 3. The third kappa shape index (κ3) is 2.91. The van der Waals surface area contributed by atoms with Crippen molar-refractivity contribution in [2.75, 3.05) is 6.61 Å². The molecule has 8 nitrogen and oxygen atoms in total. The van der Waals surface area contributed by atoms with Crippen LogP contribution < -0.4 is 5.32 Å². The molecule has 0 aromatic rings. The van der Waals surface area contributed by atoms with Gasteiger partial charge in [-0.25, -0.2) is 4.79 Å². The zero-order chi connectivity index (χ0) is 13.2. The predicted octanol–water partition coefficient (Wildman–Crippen LogP) is -2.94. The number of carboxylic acids is 1. The molecule has 8 heteroatoms. The first-order chi connectivity index (χ1) is 7.88. The van der Waals surface area contributed by atoms with Gasteiger partial charge >= 0.3 is 5.97 Å². The highest BCUT2D eigenvalue weighted by molar-refractivity contribution is 5.77. The van der Waals surface area contributed by atoms with Gasteiger partial charge in [0.15, 0.2) is 6.10 Å². The summed E-state index contributed by atoms with van der Waals surface area (Å²) in [6.07, 6.45) is -5.70. The number of ether oxygens (including phenoxy) is 1. The minimum absolute atomic E-state index is 0.557. The number of aliphatic hydroxyl groups excluding tert-OH is 3. The Balaban J connectivity index is 2.90. The number of carbonyl (C=O) groups excluding carboxylic acids is 1. The van der Waals surface area contributed by atoms with Gasteiger partial charge in [-0.3, -0.25) is 4.79 Å². The van der Waals surface area contributed by atoms with Crippen molar-refractivity contribution in [2.24, 2.45) is 0 Å². The van der Waals surface area contributed by atoms with Gasteiger partial charge in [-0.15, -0.1) is 0 Å². The van der Waals surface area contributed by atoms with E-state index in [0.717, 1.165) is 6.92 Å². The van der Waals surface area contributed by atoms with Crippen molar-refractivity contribution in [3.05, 3.63) is 0 Å². The van der Waals surface area contributed by atoms with E-state index in [9.17, 15) is 19.8 Å². The van der Waals surface area contributed by atoms with Crippen LogP contribution in [-0.4, -0.2) is 69.4 Å². The number of carboxylic acid groups (broad SMARTS) is 1. The summed E-state index contributed by atoms with van der Waals surface area (Å²) in [5.41, 5.74) is 0. The molecule has 5 unspecified atom stereocenters. The first-order valence-corrected chi connectivity index (χ1v) is 5.00. The number of hydrogen-bond donors (Lipinski definition) is 5. The van der Waals surface area contributed by atoms with Crippen LogP contribution >= 0.6 is 0 Å². The first-order valence-electron chi connectivity index (χ1n) is 5.00. The van der Waals surface area contributed by atoms with Crippen LogP contribution in [-0.2, 0) is 14.3 Å². The number of carbonyl (C=O) groups is 2. The third-order valence-electron chi connectivity index (χ3n) is 2.54. The summed E-state index contributed by atoms with van der Waals surface area (Å²) in [6, 6.07) is -1.26. The molecule has 1 aliphatic heterocycles. The van der Waals surface area contributed by atoms with Crippen LogP contribution in [0.4, 0.5) is 0 Å². The topological polar surface area (TPSA) is 136 Å². The number of amides is 1. The molecule has 0 aliphatic carbocycles. The van der Waals surface area contributed by atoms with E-state index in [0.29, 0.717) is 0 Å². The van der Waals surface area contributed by atoms with Gasteiger partial charge in [-0.2, -0.15) is 0 Å². The van der Waals surface area contributed by atoms with Crippen LogP contribution in [0.2, 0.25) is 0 Å². The molecule has 17 heavy (non-hydrogen) atoms.